The molecule has 0 saturated heterocycles. The van der Waals surface area contributed by atoms with Crippen molar-refractivity contribution in [1.29, 1.82) is 0 Å². The van der Waals surface area contributed by atoms with Gasteiger partial charge in [-0.2, -0.15) is 0 Å². The van der Waals surface area contributed by atoms with Crippen LogP contribution in [0.4, 0.5) is 0 Å². The first-order valence-corrected chi connectivity index (χ1v) is 8.91. The zero-order valence-electron chi connectivity index (χ0n) is 12.9. The molecule has 3 fully saturated rings. The molecule has 110 valence electrons. The summed E-state index contributed by atoms with van der Waals surface area (Å²) in [5.74, 6) is 5.29. The Morgan fingerprint density at radius 3 is 1.89 bits per heavy atom. The second-order valence-corrected chi connectivity index (χ2v) is 7.54. The van der Waals surface area contributed by atoms with E-state index in [9.17, 15) is 0 Å². The highest BCUT2D eigenvalue weighted by molar-refractivity contribution is 4.96. The normalized spacial score (nSPS) is 45.2. The Labute approximate surface area is 119 Å². The van der Waals surface area contributed by atoms with Crippen molar-refractivity contribution in [3.8, 4) is 0 Å². The van der Waals surface area contributed by atoms with Gasteiger partial charge in [-0.25, -0.2) is 0 Å². The highest BCUT2D eigenvalue weighted by Crippen LogP contribution is 2.54. The van der Waals surface area contributed by atoms with Gasteiger partial charge in [0.2, 0.25) is 0 Å². The van der Waals surface area contributed by atoms with E-state index in [0.29, 0.717) is 6.10 Å². The Kier molecular flexibility index (Phi) is 4.51. The van der Waals surface area contributed by atoms with Crippen molar-refractivity contribution in [2.45, 2.75) is 77.7 Å². The minimum absolute atomic E-state index is 0.606. The maximum Gasteiger partial charge on any atom is 0.0580 e. The average molecular weight is 264 g/mol. The molecular formula is C18H32O. The molecule has 3 aliphatic rings. The van der Waals surface area contributed by atoms with E-state index >= 15 is 0 Å². The second kappa shape index (κ2) is 6.16. The van der Waals surface area contributed by atoms with Crippen LogP contribution in [0, 0.1) is 29.6 Å². The molecule has 0 aromatic carbocycles. The topological polar surface area (TPSA) is 9.23 Å². The lowest BCUT2D eigenvalue weighted by molar-refractivity contribution is 0.0636. The second-order valence-electron chi connectivity index (χ2n) is 7.54. The monoisotopic (exact) mass is 264 g/mol. The minimum atomic E-state index is 0.606. The third kappa shape index (κ3) is 3.01. The summed E-state index contributed by atoms with van der Waals surface area (Å²) in [7, 11) is 0. The zero-order valence-corrected chi connectivity index (χ0v) is 12.9. The molecule has 0 bridgehead atoms. The van der Waals surface area contributed by atoms with E-state index < -0.39 is 0 Å². The zero-order chi connectivity index (χ0) is 13.2. The van der Waals surface area contributed by atoms with Crippen molar-refractivity contribution in [3.05, 3.63) is 0 Å². The highest BCUT2D eigenvalue weighted by atomic mass is 16.5. The summed E-state index contributed by atoms with van der Waals surface area (Å²) in [5.41, 5.74) is 0. The van der Waals surface area contributed by atoms with Gasteiger partial charge in [-0.15, -0.1) is 0 Å². The van der Waals surface area contributed by atoms with Gasteiger partial charge < -0.3 is 4.74 Å². The molecule has 3 saturated carbocycles. The van der Waals surface area contributed by atoms with Gasteiger partial charge in [0, 0.05) is 6.61 Å². The molecule has 4 atom stereocenters. The highest BCUT2D eigenvalue weighted by Gasteiger charge is 2.46. The molecule has 4 unspecified atom stereocenters. The van der Waals surface area contributed by atoms with E-state index in [4.69, 9.17) is 4.74 Å². The number of rotatable bonds is 5. The minimum Gasteiger partial charge on any atom is -0.378 e. The number of unbranched alkanes of at least 4 members (excludes halogenated alkanes) is 1. The van der Waals surface area contributed by atoms with Gasteiger partial charge in [-0.05, 0) is 75.0 Å². The summed E-state index contributed by atoms with van der Waals surface area (Å²) in [6, 6.07) is 0. The lowest BCUT2D eigenvalue weighted by Crippen LogP contribution is -2.25. The summed E-state index contributed by atoms with van der Waals surface area (Å²) in [6.07, 6.45) is 13.9. The summed E-state index contributed by atoms with van der Waals surface area (Å²) in [5, 5.41) is 0. The summed E-state index contributed by atoms with van der Waals surface area (Å²) < 4.78 is 5.89. The van der Waals surface area contributed by atoms with Crippen molar-refractivity contribution < 1.29 is 4.74 Å². The van der Waals surface area contributed by atoms with Crippen LogP contribution in [0.15, 0.2) is 0 Å². The molecule has 3 rings (SSSR count). The smallest absolute Gasteiger partial charge is 0.0580 e. The van der Waals surface area contributed by atoms with Crippen LogP contribution in [0.5, 0.6) is 0 Å². The van der Waals surface area contributed by atoms with Gasteiger partial charge in [-0.3, -0.25) is 0 Å². The van der Waals surface area contributed by atoms with E-state index in [2.05, 4.69) is 13.8 Å². The van der Waals surface area contributed by atoms with Gasteiger partial charge >= 0.3 is 0 Å². The lowest BCUT2D eigenvalue weighted by atomic mass is 9.71. The molecule has 3 aliphatic carbocycles. The van der Waals surface area contributed by atoms with E-state index in [-0.39, 0.29) is 0 Å². The largest absolute Gasteiger partial charge is 0.378 e. The molecule has 0 spiro atoms. The predicted molar refractivity (Wildman–Crippen MR) is 80.1 cm³/mol. The predicted octanol–water partition coefficient (Wildman–Crippen LogP) is 5.04. The Balaban J connectivity index is 1.52. The standard InChI is InChI=1S/C18H32O/c1-3-5-6-13-7-14-9-16-11-18(19-4-2)12-17(16)10-15(14)8-13/h13-18H,3-12H2,1-2H3. The van der Waals surface area contributed by atoms with Crippen molar-refractivity contribution in [2.24, 2.45) is 29.6 Å². The van der Waals surface area contributed by atoms with Crippen LogP contribution in [0.1, 0.15) is 71.6 Å². The van der Waals surface area contributed by atoms with Crippen molar-refractivity contribution in [2.75, 3.05) is 6.61 Å². The van der Waals surface area contributed by atoms with Gasteiger partial charge in [0.15, 0.2) is 0 Å². The Hall–Kier alpha value is -0.0400. The van der Waals surface area contributed by atoms with Gasteiger partial charge in [0.05, 0.1) is 6.10 Å². The van der Waals surface area contributed by atoms with Crippen LogP contribution in [0.3, 0.4) is 0 Å². The molecule has 0 aliphatic heterocycles. The van der Waals surface area contributed by atoms with E-state index in [0.717, 1.165) is 36.2 Å². The number of fused-ring (bicyclic) bond motifs is 2. The maximum absolute atomic E-state index is 5.89. The first kappa shape index (κ1) is 13.9. The average Bonchev–Trinajstić information content (AvgIpc) is 2.95. The molecular weight excluding hydrogens is 232 g/mol. The van der Waals surface area contributed by atoms with E-state index in [1.165, 1.54) is 32.1 Å². The van der Waals surface area contributed by atoms with E-state index in [1.54, 1.807) is 25.7 Å². The van der Waals surface area contributed by atoms with Crippen molar-refractivity contribution in [1.82, 2.24) is 0 Å². The molecule has 0 amide bonds. The SMILES string of the molecule is CCCCC1CC2CC3CC(OCC)CC3CC2C1. The maximum atomic E-state index is 5.89. The van der Waals surface area contributed by atoms with Gasteiger partial charge in [0.1, 0.15) is 0 Å². The third-order valence-corrected chi connectivity index (χ3v) is 6.32. The summed E-state index contributed by atoms with van der Waals surface area (Å²) in [4.78, 5) is 0. The van der Waals surface area contributed by atoms with Crippen LogP contribution in [0.2, 0.25) is 0 Å². The number of ether oxygens (including phenoxy) is 1. The lowest BCUT2D eigenvalue weighted by Gasteiger charge is -2.34. The van der Waals surface area contributed by atoms with Crippen molar-refractivity contribution in [3.63, 3.8) is 0 Å². The first-order valence-electron chi connectivity index (χ1n) is 8.91. The fourth-order valence-electron chi connectivity index (χ4n) is 5.53. The Morgan fingerprint density at radius 2 is 1.37 bits per heavy atom. The Bertz CT molecular complexity index is 265. The molecule has 19 heavy (non-hydrogen) atoms. The van der Waals surface area contributed by atoms with Crippen molar-refractivity contribution >= 4 is 0 Å². The number of hydrogen-bond donors (Lipinski definition) is 0. The molecule has 1 nitrogen and oxygen atoms in total. The quantitative estimate of drug-likeness (QED) is 0.675. The fourth-order valence-corrected chi connectivity index (χ4v) is 5.53. The van der Waals surface area contributed by atoms with Crippen LogP contribution in [-0.2, 0) is 4.74 Å². The van der Waals surface area contributed by atoms with Crippen LogP contribution in [-0.4, -0.2) is 12.7 Å². The van der Waals surface area contributed by atoms with Crippen LogP contribution < -0.4 is 0 Å². The summed E-state index contributed by atoms with van der Waals surface area (Å²) >= 11 is 0. The summed E-state index contributed by atoms with van der Waals surface area (Å²) in [6.45, 7) is 5.39. The number of hydrogen-bond acceptors (Lipinski definition) is 1. The molecule has 0 aromatic rings. The molecule has 0 aromatic heterocycles. The van der Waals surface area contributed by atoms with Crippen LogP contribution in [0.25, 0.3) is 0 Å². The van der Waals surface area contributed by atoms with E-state index in [1.807, 2.05) is 0 Å². The molecule has 1 heteroatoms. The fraction of sp³-hybridized carbons (Fsp3) is 1.00. The molecule has 0 radical (unpaired) electrons. The van der Waals surface area contributed by atoms with Crippen LogP contribution >= 0.6 is 0 Å². The third-order valence-electron chi connectivity index (χ3n) is 6.32. The Morgan fingerprint density at radius 1 is 0.789 bits per heavy atom. The molecule has 0 N–H and O–H groups in total. The first-order chi connectivity index (χ1) is 9.30. The molecule has 0 heterocycles. The van der Waals surface area contributed by atoms with Gasteiger partial charge in [0.25, 0.3) is 0 Å². The van der Waals surface area contributed by atoms with Gasteiger partial charge in [-0.1, -0.05) is 26.2 Å².